The molecule has 0 radical (unpaired) electrons. The van der Waals surface area contributed by atoms with Crippen molar-refractivity contribution in [3.8, 4) is 0 Å². The summed E-state index contributed by atoms with van der Waals surface area (Å²) < 4.78 is 25.9. The Morgan fingerprint density at radius 3 is 2.31 bits per heavy atom. The van der Waals surface area contributed by atoms with Crippen molar-refractivity contribution >= 4 is 5.69 Å². The first-order chi connectivity index (χ1) is 7.47. The van der Waals surface area contributed by atoms with E-state index in [-0.39, 0.29) is 6.04 Å². The topological polar surface area (TPSA) is 29.3 Å². The molecule has 0 aliphatic heterocycles. The van der Waals surface area contributed by atoms with Gasteiger partial charge in [0.25, 0.3) is 0 Å². The monoisotopic (exact) mass is 228 g/mol. The Morgan fingerprint density at radius 1 is 1.25 bits per heavy atom. The van der Waals surface area contributed by atoms with Crippen molar-refractivity contribution in [2.75, 3.05) is 18.5 Å². The Hall–Kier alpha value is -1.16. The molecule has 4 heteroatoms. The lowest BCUT2D eigenvalue weighted by Gasteiger charge is -2.32. The second-order valence-corrected chi connectivity index (χ2v) is 4.26. The predicted octanol–water partition coefficient (Wildman–Crippen LogP) is 2.38. The maximum Gasteiger partial charge on any atom is 0.160 e. The van der Waals surface area contributed by atoms with Crippen molar-refractivity contribution in [1.29, 1.82) is 0 Å². The van der Waals surface area contributed by atoms with E-state index in [0.29, 0.717) is 18.2 Å². The van der Waals surface area contributed by atoms with Crippen LogP contribution in [0, 0.1) is 17.6 Å². The SMILES string of the molecule is CC(C)C(CN)N(C)c1ccc(F)c(F)c1. The highest BCUT2D eigenvalue weighted by Crippen LogP contribution is 2.21. The van der Waals surface area contributed by atoms with Gasteiger partial charge in [-0.1, -0.05) is 13.8 Å². The van der Waals surface area contributed by atoms with E-state index in [2.05, 4.69) is 0 Å². The Morgan fingerprint density at radius 2 is 1.88 bits per heavy atom. The standard InChI is InChI=1S/C12H18F2N2/c1-8(2)12(7-15)16(3)9-4-5-10(13)11(14)6-9/h4-6,8,12H,7,15H2,1-3H3. The number of halogens is 2. The molecule has 1 rings (SSSR count). The van der Waals surface area contributed by atoms with Crippen LogP contribution in [0.5, 0.6) is 0 Å². The van der Waals surface area contributed by atoms with Gasteiger partial charge < -0.3 is 10.6 Å². The summed E-state index contributed by atoms with van der Waals surface area (Å²) in [5.74, 6) is -1.31. The van der Waals surface area contributed by atoms with Crippen LogP contribution in [0.4, 0.5) is 14.5 Å². The van der Waals surface area contributed by atoms with Crippen molar-refractivity contribution < 1.29 is 8.78 Å². The summed E-state index contributed by atoms with van der Waals surface area (Å²) in [5.41, 5.74) is 6.31. The molecule has 1 aromatic carbocycles. The maximum atomic E-state index is 13.1. The van der Waals surface area contributed by atoms with Crippen LogP contribution >= 0.6 is 0 Å². The molecule has 90 valence electrons. The highest BCUT2D eigenvalue weighted by molar-refractivity contribution is 5.47. The average molecular weight is 228 g/mol. The third-order valence-electron chi connectivity index (χ3n) is 2.82. The van der Waals surface area contributed by atoms with E-state index in [9.17, 15) is 8.78 Å². The number of likely N-dealkylation sites (N-methyl/N-ethyl adjacent to an activating group) is 1. The van der Waals surface area contributed by atoms with E-state index >= 15 is 0 Å². The van der Waals surface area contributed by atoms with Crippen LogP contribution in [0.2, 0.25) is 0 Å². The highest BCUT2D eigenvalue weighted by Gasteiger charge is 2.18. The van der Waals surface area contributed by atoms with Crippen LogP contribution in [-0.2, 0) is 0 Å². The van der Waals surface area contributed by atoms with Gasteiger partial charge in [-0.15, -0.1) is 0 Å². The third kappa shape index (κ3) is 2.70. The Kier molecular flexibility index (Phi) is 4.24. The van der Waals surface area contributed by atoms with Gasteiger partial charge >= 0.3 is 0 Å². The Bertz CT molecular complexity index is 353. The molecule has 0 bridgehead atoms. The van der Waals surface area contributed by atoms with Crippen molar-refractivity contribution in [3.63, 3.8) is 0 Å². The van der Waals surface area contributed by atoms with E-state index in [1.165, 1.54) is 6.07 Å². The molecule has 0 saturated heterocycles. The number of rotatable bonds is 4. The Balaban J connectivity index is 2.94. The molecule has 0 aromatic heterocycles. The Labute approximate surface area is 95.1 Å². The van der Waals surface area contributed by atoms with Crippen molar-refractivity contribution in [3.05, 3.63) is 29.8 Å². The quantitative estimate of drug-likeness (QED) is 0.857. The molecule has 2 N–H and O–H groups in total. The first kappa shape index (κ1) is 12.9. The smallest absolute Gasteiger partial charge is 0.160 e. The summed E-state index contributed by atoms with van der Waals surface area (Å²) in [5, 5.41) is 0. The minimum atomic E-state index is -0.830. The van der Waals surface area contributed by atoms with Gasteiger partial charge in [-0.25, -0.2) is 8.78 Å². The van der Waals surface area contributed by atoms with Crippen LogP contribution in [-0.4, -0.2) is 19.6 Å². The van der Waals surface area contributed by atoms with E-state index in [1.54, 1.807) is 6.07 Å². The number of benzene rings is 1. The van der Waals surface area contributed by atoms with Crippen LogP contribution in [0.15, 0.2) is 18.2 Å². The molecule has 1 atom stereocenters. The summed E-state index contributed by atoms with van der Waals surface area (Å²) in [6.45, 7) is 4.58. The number of hydrogen-bond acceptors (Lipinski definition) is 2. The minimum absolute atomic E-state index is 0.116. The molecule has 2 nitrogen and oxygen atoms in total. The van der Waals surface area contributed by atoms with Gasteiger partial charge in [-0.05, 0) is 18.1 Å². The normalized spacial score (nSPS) is 12.9. The summed E-state index contributed by atoms with van der Waals surface area (Å²) in [6, 6.07) is 4.00. The second-order valence-electron chi connectivity index (χ2n) is 4.26. The molecule has 0 aliphatic rings. The summed E-state index contributed by atoms with van der Waals surface area (Å²) in [6.07, 6.45) is 0. The molecular formula is C12H18F2N2. The number of nitrogens with two attached hydrogens (primary N) is 1. The van der Waals surface area contributed by atoms with Crippen LogP contribution in [0.25, 0.3) is 0 Å². The van der Waals surface area contributed by atoms with Gasteiger partial charge in [0.05, 0.1) is 0 Å². The fourth-order valence-corrected chi connectivity index (χ4v) is 1.77. The highest BCUT2D eigenvalue weighted by atomic mass is 19.2. The lowest BCUT2D eigenvalue weighted by atomic mass is 10.0. The van der Waals surface area contributed by atoms with Gasteiger partial charge in [0.1, 0.15) is 0 Å². The summed E-state index contributed by atoms with van der Waals surface area (Å²) in [7, 11) is 1.84. The molecule has 0 heterocycles. The van der Waals surface area contributed by atoms with E-state index in [1.807, 2.05) is 25.8 Å². The van der Waals surface area contributed by atoms with Crippen LogP contribution < -0.4 is 10.6 Å². The van der Waals surface area contributed by atoms with Gasteiger partial charge in [-0.2, -0.15) is 0 Å². The zero-order valence-electron chi connectivity index (χ0n) is 9.87. The van der Waals surface area contributed by atoms with Gasteiger partial charge in [0.15, 0.2) is 11.6 Å². The molecular weight excluding hydrogens is 210 g/mol. The van der Waals surface area contributed by atoms with E-state index in [4.69, 9.17) is 5.73 Å². The van der Waals surface area contributed by atoms with Crippen molar-refractivity contribution in [2.24, 2.45) is 11.7 Å². The van der Waals surface area contributed by atoms with Crippen molar-refractivity contribution in [2.45, 2.75) is 19.9 Å². The van der Waals surface area contributed by atoms with Gasteiger partial charge in [0, 0.05) is 31.4 Å². The fourth-order valence-electron chi connectivity index (χ4n) is 1.77. The molecule has 0 aliphatic carbocycles. The zero-order chi connectivity index (χ0) is 12.3. The molecule has 0 spiro atoms. The van der Waals surface area contributed by atoms with E-state index < -0.39 is 11.6 Å². The summed E-state index contributed by atoms with van der Waals surface area (Å²) in [4.78, 5) is 1.88. The zero-order valence-corrected chi connectivity index (χ0v) is 9.87. The molecule has 0 fully saturated rings. The van der Waals surface area contributed by atoms with E-state index in [0.717, 1.165) is 6.07 Å². The number of hydrogen-bond donors (Lipinski definition) is 1. The minimum Gasteiger partial charge on any atom is -0.370 e. The molecule has 0 saturated carbocycles. The fraction of sp³-hybridized carbons (Fsp3) is 0.500. The second kappa shape index (κ2) is 5.25. The molecule has 0 amide bonds. The molecule has 16 heavy (non-hydrogen) atoms. The van der Waals surface area contributed by atoms with Crippen molar-refractivity contribution in [1.82, 2.24) is 0 Å². The lowest BCUT2D eigenvalue weighted by molar-refractivity contribution is 0.476. The molecule has 1 aromatic rings. The third-order valence-corrected chi connectivity index (χ3v) is 2.82. The van der Waals surface area contributed by atoms with Crippen LogP contribution in [0.1, 0.15) is 13.8 Å². The first-order valence-corrected chi connectivity index (χ1v) is 5.35. The summed E-state index contributed by atoms with van der Waals surface area (Å²) >= 11 is 0. The number of anilines is 1. The predicted molar refractivity (Wildman–Crippen MR) is 62.4 cm³/mol. The maximum absolute atomic E-state index is 13.1. The van der Waals surface area contributed by atoms with Crippen LogP contribution in [0.3, 0.4) is 0 Å². The molecule has 1 unspecified atom stereocenters. The first-order valence-electron chi connectivity index (χ1n) is 5.35. The van der Waals surface area contributed by atoms with Gasteiger partial charge in [0.2, 0.25) is 0 Å². The lowest BCUT2D eigenvalue weighted by Crippen LogP contribution is -2.41. The largest absolute Gasteiger partial charge is 0.370 e. The average Bonchev–Trinajstić information content (AvgIpc) is 2.22. The number of nitrogens with zero attached hydrogens (tertiary/aromatic N) is 1. The van der Waals surface area contributed by atoms with Gasteiger partial charge in [-0.3, -0.25) is 0 Å².